The largest absolute Gasteiger partial charge is 0.371 e. The summed E-state index contributed by atoms with van der Waals surface area (Å²) in [5, 5.41) is 5.90. The van der Waals surface area contributed by atoms with Gasteiger partial charge in [0.15, 0.2) is 0 Å². The van der Waals surface area contributed by atoms with E-state index in [0.29, 0.717) is 12.1 Å². The zero-order valence-corrected chi connectivity index (χ0v) is 10.5. The topological polar surface area (TPSA) is 21.3 Å². The number of ether oxygens (including phenoxy) is 1. The molecule has 1 N–H and O–H groups in total. The van der Waals surface area contributed by atoms with E-state index >= 15 is 0 Å². The van der Waals surface area contributed by atoms with Gasteiger partial charge in [-0.1, -0.05) is 12.5 Å². The molecule has 2 fully saturated rings. The molecule has 4 atom stereocenters. The van der Waals surface area contributed by atoms with Gasteiger partial charge in [0, 0.05) is 17.0 Å². The Morgan fingerprint density at radius 1 is 1.44 bits per heavy atom. The van der Waals surface area contributed by atoms with Crippen LogP contribution in [0.25, 0.3) is 0 Å². The van der Waals surface area contributed by atoms with E-state index in [1.807, 2.05) is 0 Å². The lowest BCUT2D eigenvalue weighted by atomic mass is 10.0. The molecule has 2 nitrogen and oxygen atoms in total. The zero-order valence-electron chi connectivity index (χ0n) is 9.69. The Morgan fingerprint density at radius 3 is 3.19 bits per heavy atom. The highest BCUT2D eigenvalue weighted by Crippen LogP contribution is 2.34. The predicted molar refractivity (Wildman–Crippen MR) is 66.7 cm³/mol. The predicted octanol–water partition coefficient (Wildman–Crippen LogP) is 2.97. The van der Waals surface area contributed by atoms with Gasteiger partial charge in [0.25, 0.3) is 0 Å². The molecule has 0 amide bonds. The number of hydrogen-bond donors (Lipinski definition) is 1. The van der Waals surface area contributed by atoms with Crippen molar-refractivity contribution in [1.82, 2.24) is 5.32 Å². The third-order valence-electron chi connectivity index (χ3n) is 3.90. The average molecular weight is 237 g/mol. The minimum Gasteiger partial charge on any atom is -0.371 e. The summed E-state index contributed by atoms with van der Waals surface area (Å²) in [5.41, 5.74) is 0. The fourth-order valence-corrected chi connectivity index (χ4v) is 3.91. The average Bonchev–Trinajstić information content (AvgIpc) is 2.89. The molecule has 3 rings (SSSR count). The summed E-state index contributed by atoms with van der Waals surface area (Å²) < 4.78 is 6.12. The molecular weight excluding hydrogens is 218 g/mol. The van der Waals surface area contributed by atoms with Gasteiger partial charge in [0.2, 0.25) is 0 Å². The standard InChI is InChI=1S/C13H19NOS/c1-9-13(12-6-3-7-16-12)15-8-10-4-2-5-11(10)14-9/h3,6-7,9-11,13-14H,2,4-5,8H2,1H3. The van der Waals surface area contributed by atoms with Gasteiger partial charge in [-0.25, -0.2) is 0 Å². The Bertz CT molecular complexity index is 338. The second kappa shape index (κ2) is 4.47. The summed E-state index contributed by atoms with van der Waals surface area (Å²) in [6, 6.07) is 5.43. The maximum Gasteiger partial charge on any atom is 0.107 e. The molecule has 0 radical (unpaired) electrons. The molecule has 1 aliphatic carbocycles. The molecule has 0 spiro atoms. The molecule has 3 heteroatoms. The third kappa shape index (κ3) is 1.92. The Hall–Kier alpha value is -0.380. The Morgan fingerprint density at radius 2 is 2.38 bits per heavy atom. The molecule has 1 saturated heterocycles. The van der Waals surface area contributed by atoms with E-state index in [-0.39, 0.29) is 6.10 Å². The van der Waals surface area contributed by atoms with Crippen LogP contribution < -0.4 is 5.32 Å². The summed E-state index contributed by atoms with van der Waals surface area (Å²) in [4.78, 5) is 1.36. The molecule has 2 heterocycles. The van der Waals surface area contributed by atoms with Crippen LogP contribution in [0, 0.1) is 5.92 Å². The fraction of sp³-hybridized carbons (Fsp3) is 0.692. The number of rotatable bonds is 1. The van der Waals surface area contributed by atoms with Crippen LogP contribution in [0.4, 0.5) is 0 Å². The molecule has 0 bridgehead atoms. The summed E-state index contributed by atoms with van der Waals surface area (Å²) in [5.74, 6) is 0.743. The first kappa shape index (κ1) is 10.8. The van der Waals surface area contributed by atoms with Gasteiger partial charge in [0.1, 0.15) is 6.10 Å². The maximum atomic E-state index is 6.12. The second-order valence-electron chi connectivity index (χ2n) is 5.02. The normalized spacial score (nSPS) is 39.3. The van der Waals surface area contributed by atoms with Crippen LogP contribution in [-0.2, 0) is 4.74 Å². The van der Waals surface area contributed by atoms with Crippen LogP contribution in [0.3, 0.4) is 0 Å². The highest BCUT2D eigenvalue weighted by Gasteiger charge is 2.35. The van der Waals surface area contributed by atoms with Gasteiger partial charge < -0.3 is 10.1 Å². The zero-order chi connectivity index (χ0) is 11.0. The highest BCUT2D eigenvalue weighted by atomic mass is 32.1. The van der Waals surface area contributed by atoms with E-state index in [0.717, 1.165) is 12.5 Å². The monoisotopic (exact) mass is 237 g/mol. The van der Waals surface area contributed by atoms with Gasteiger partial charge >= 0.3 is 0 Å². The SMILES string of the molecule is CC1NC2CCCC2COC1c1cccs1. The summed E-state index contributed by atoms with van der Waals surface area (Å²) in [6.45, 7) is 3.19. The quantitative estimate of drug-likeness (QED) is 0.811. The Balaban J connectivity index is 1.77. The first-order valence-electron chi connectivity index (χ1n) is 6.25. The number of fused-ring (bicyclic) bond motifs is 1. The van der Waals surface area contributed by atoms with Crippen LogP contribution in [0.15, 0.2) is 17.5 Å². The van der Waals surface area contributed by atoms with E-state index in [9.17, 15) is 0 Å². The van der Waals surface area contributed by atoms with Crippen molar-refractivity contribution < 1.29 is 4.74 Å². The molecule has 2 aliphatic rings. The molecule has 1 aliphatic heterocycles. The first-order valence-corrected chi connectivity index (χ1v) is 7.13. The molecule has 4 unspecified atom stereocenters. The van der Waals surface area contributed by atoms with Crippen molar-refractivity contribution in [3.05, 3.63) is 22.4 Å². The molecule has 16 heavy (non-hydrogen) atoms. The van der Waals surface area contributed by atoms with Gasteiger partial charge in [-0.05, 0) is 37.1 Å². The number of nitrogens with one attached hydrogen (secondary N) is 1. The van der Waals surface area contributed by atoms with Gasteiger partial charge in [0.05, 0.1) is 6.61 Å². The lowest BCUT2D eigenvalue weighted by Gasteiger charge is -2.23. The number of thiophene rings is 1. The van der Waals surface area contributed by atoms with Crippen LogP contribution in [0.1, 0.15) is 37.2 Å². The van der Waals surface area contributed by atoms with Crippen molar-refractivity contribution >= 4 is 11.3 Å². The molecule has 88 valence electrons. The molecular formula is C13H19NOS. The van der Waals surface area contributed by atoms with E-state index in [1.54, 1.807) is 11.3 Å². The Labute approximate surface area is 101 Å². The molecule has 0 aromatic carbocycles. The van der Waals surface area contributed by atoms with E-state index in [4.69, 9.17) is 4.74 Å². The van der Waals surface area contributed by atoms with Gasteiger partial charge in [-0.2, -0.15) is 0 Å². The second-order valence-corrected chi connectivity index (χ2v) is 6.00. The van der Waals surface area contributed by atoms with Crippen molar-refractivity contribution in [3.8, 4) is 0 Å². The van der Waals surface area contributed by atoms with E-state index < -0.39 is 0 Å². The molecule has 1 aromatic heterocycles. The lowest BCUT2D eigenvalue weighted by Crippen LogP contribution is -2.39. The van der Waals surface area contributed by atoms with Crippen LogP contribution in [0.2, 0.25) is 0 Å². The molecule has 1 aromatic rings. The minimum absolute atomic E-state index is 0.255. The van der Waals surface area contributed by atoms with Crippen molar-refractivity contribution in [2.75, 3.05) is 6.61 Å². The Kier molecular flexibility index (Phi) is 3.01. The summed E-state index contributed by atoms with van der Waals surface area (Å²) in [7, 11) is 0. The first-order chi connectivity index (χ1) is 7.84. The van der Waals surface area contributed by atoms with Crippen molar-refractivity contribution in [3.63, 3.8) is 0 Å². The third-order valence-corrected chi connectivity index (χ3v) is 4.84. The van der Waals surface area contributed by atoms with Gasteiger partial charge in [-0.3, -0.25) is 0 Å². The fourth-order valence-electron chi connectivity index (χ4n) is 3.03. The van der Waals surface area contributed by atoms with Crippen LogP contribution in [0.5, 0.6) is 0 Å². The lowest BCUT2D eigenvalue weighted by molar-refractivity contribution is 0.0329. The summed E-state index contributed by atoms with van der Waals surface area (Å²) >= 11 is 1.81. The number of hydrogen-bond acceptors (Lipinski definition) is 3. The van der Waals surface area contributed by atoms with Crippen molar-refractivity contribution in [1.29, 1.82) is 0 Å². The van der Waals surface area contributed by atoms with Crippen LogP contribution in [-0.4, -0.2) is 18.7 Å². The maximum absolute atomic E-state index is 6.12. The van der Waals surface area contributed by atoms with E-state index in [2.05, 4.69) is 29.8 Å². The van der Waals surface area contributed by atoms with Gasteiger partial charge in [-0.15, -0.1) is 11.3 Å². The van der Waals surface area contributed by atoms with Crippen LogP contribution >= 0.6 is 11.3 Å². The van der Waals surface area contributed by atoms with Crippen molar-refractivity contribution in [2.45, 2.75) is 44.4 Å². The van der Waals surface area contributed by atoms with Crippen molar-refractivity contribution in [2.24, 2.45) is 5.92 Å². The summed E-state index contributed by atoms with van der Waals surface area (Å²) in [6.07, 6.45) is 4.28. The molecule has 1 saturated carbocycles. The minimum atomic E-state index is 0.255. The smallest absolute Gasteiger partial charge is 0.107 e. The highest BCUT2D eigenvalue weighted by molar-refractivity contribution is 7.10. The van der Waals surface area contributed by atoms with E-state index in [1.165, 1.54) is 24.1 Å².